The van der Waals surface area contributed by atoms with E-state index in [1.807, 2.05) is 67.2 Å². The molecule has 10 nitrogen and oxygen atoms in total. The normalized spacial score (nSPS) is 23.6. The Bertz CT molecular complexity index is 995. The van der Waals surface area contributed by atoms with Gasteiger partial charge in [-0.2, -0.15) is 8.42 Å². The van der Waals surface area contributed by atoms with Gasteiger partial charge in [0.25, 0.3) is 10.1 Å². The van der Waals surface area contributed by atoms with Gasteiger partial charge in [-0.3, -0.25) is 4.18 Å². The fourth-order valence-electron chi connectivity index (χ4n) is 5.73. The zero-order valence-electron chi connectivity index (χ0n) is 28.6. The quantitative estimate of drug-likeness (QED) is 0.312. The Morgan fingerprint density at radius 3 is 1.48 bits per heavy atom. The highest BCUT2D eigenvalue weighted by Crippen LogP contribution is 2.37. The molecule has 2 saturated heterocycles. The molecule has 42 heavy (non-hydrogen) atoms. The molecule has 1 N–H and O–H groups in total. The van der Waals surface area contributed by atoms with Crippen molar-refractivity contribution in [3.8, 4) is 0 Å². The first-order valence-corrected chi connectivity index (χ1v) is 17.1. The molecule has 0 bridgehead atoms. The summed E-state index contributed by atoms with van der Waals surface area (Å²) in [4.78, 5) is 28.2. The fourth-order valence-corrected chi connectivity index (χ4v) is 6.42. The van der Waals surface area contributed by atoms with Crippen molar-refractivity contribution in [1.82, 2.24) is 9.80 Å². The number of carbonyl (C=O) groups excluding carboxylic acids is 2. The van der Waals surface area contributed by atoms with Crippen molar-refractivity contribution >= 4 is 22.3 Å². The van der Waals surface area contributed by atoms with Crippen LogP contribution in [0.4, 0.5) is 9.59 Å². The van der Waals surface area contributed by atoms with Gasteiger partial charge in [-0.1, -0.05) is 0 Å². The Labute approximate surface area is 255 Å². The van der Waals surface area contributed by atoms with Crippen LogP contribution in [0, 0.1) is 11.8 Å². The van der Waals surface area contributed by atoms with Gasteiger partial charge in [0.05, 0.1) is 18.5 Å². The number of rotatable bonds is 8. The zero-order chi connectivity index (χ0) is 32.9. The summed E-state index contributed by atoms with van der Waals surface area (Å²) in [5.74, 6) is 0.778. The van der Waals surface area contributed by atoms with Crippen LogP contribution in [-0.4, -0.2) is 89.3 Å². The summed E-state index contributed by atoms with van der Waals surface area (Å²) in [6, 6.07) is 0. The Kier molecular flexibility index (Phi) is 13.2. The number of nitrogens with zero attached hydrogens (tertiary/aromatic N) is 2. The molecule has 11 heteroatoms. The molecule has 0 radical (unpaired) electrons. The minimum atomic E-state index is -3.42. The van der Waals surface area contributed by atoms with Gasteiger partial charge in [0, 0.05) is 24.2 Å². The Morgan fingerprint density at radius 2 is 1.17 bits per heavy atom. The predicted octanol–water partition coefficient (Wildman–Crippen LogP) is 6.35. The summed E-state index contributed by atoms with van der Waals surface area (Å²) in [6.07, 6.45) is 5.01. The first-order valence-electron chi connectivity index (χ1n) is 15.3. The van der Waals surface area contributed by atoms with Crippen LogP contribution in [0.25, 0.3) is 0 Å². The standard InChI is InChI=1S/C16H31NO5S.C15H29NO3/c1-12(22-23(7,19)20)8-9-13-10-16(5,6)17(11-13)14(18)21-15(2,3)4;1-11(17)7-8-12-9-15(5,6)16(10-12)13(18)19-14(2,3)4/h12-13H,8-11H2,1-7H3;11-12,17H,7-10H2,1-6H3. The maximum Gasteiger partial charge on any atom is 0.410 e. The van der Waals surface area contributed by atoms with Gasteiger partial charge in [-0.25, -0.2) is 9.59 Å². The molecule has 0 aromatic rings. The zero-order valence-corrected chi connectivity index (χ0v) is 29.4. The van der Waals surface area contributed by atoms with Crippen molar-refractivity contribution in [2.75, 3.05) is 19.3 Å². The van der Waals surface area contributed by atoms with Crippen LogP contribution in [0.5, 0.6) is 0 Å². The van der Waals surface area contributed by atoms with Gasteiger partial charge in [-0.15, -0.1) is 0 Å². The number of aliphatic hydroxyl groups excluding tert-OH is 1. The lowest BCUT2D eigenvalue weighted by Gasteiger charge is -2.33. The molecule has 2 fully saturated rings. The molecule has 4 unspecified atom stereocenters. The highest BCUT2D eigenvalue weighted by molar-refractivity contribution is 7.86. The van der Waals surface area contributed by atoms with Gasteiger partial charge in [-0.05, 0) is 133 Å². The summed E-state index contributed by atoms with van der Waals surface area (Å²) < 4.78 is 38.2. The summed E-state index contributed by atoms with van der Waals surface area (Å²) in [6.45, 7) is 24.4. The number of aliphatic hydroxyl groups is 1. The van der Waals surface area contributed by atoms with Crippen LogP contribution in [0.15, 0.2) is 0 Å². The van der Waals surface area contributed by atoms with Crippen molar-refractivity contribution in [2.45, 2.75) is 156 Å². The first-order chi connectivity index (χ1) is 18.7. The SMILES string of the molecule is CC(CCC1CN(C(=O)OC(C)(C)C)C(C)(C)C1)OS(C)(=O)=O.CC(O)CCC1CN(C(=O)OC(C)(C)C)C(C)(C)C1. The molecule has 2 aliphatic rings. The highest BCUT2D eigenvalue weighted by Gasteiger charge is 2.44. The van der Waals surface area contributed by atoms with Crippen molar-refractivity contribution < 1.29 is 36.8 Å². The van der Waals surface area contributed by atoms with Crippen LogP contribution >= 0.6 is 0 Å². The lowest BCUT2D eigenvalue weighted by atomic mass is 9.93. The third-order valence-electron chi connectivity index (χ3n) is 7.46. The van der Waals surface area contributed by atoms with Crippen molar-refractivity contribution in [3.05, 3.63) is 0 Å². The molecule has 0 saturated carbocycles. The number of hydrogen-bond donors (Lipinski definition) is 1. The minimum Gasteiger partial charge on any atom is -0.444 e. The van der Waals surface area contributed by atoms with E-state index in [4.69, 9.17) is 13.7 Å². The molecule has 0 spiro atoms. The van der Waals surface area contributed by atoms with E-state index in [2.05, 4.69) is 13.8 Å². The molecular weight excluding hydrogens is 560 g/mol. The Morgan fingerprint density at radius 1 is 0.810 bits per heavy atom. The van der Waals surface area contributed by atoms with Crippen LogP contribution in [0.1, 0.15) is 122 Å². The number of carbonyl (C=O) groups is 2. The van der Waals surface area contributed by atoms with Crippen molar-refractivity contribution in [1.29, 1.82) is 0 Å². The third kappa shape index (κ3) is 14.3. The summed E-state index contributed by atoms with van der Waals surface area (Å²) >= 11 is 0. The summed E-state index contributed by atoms with van der Waals surface area (Å²) in [7, 11) is -3.42. The third-order valence-corrected chi connectivity index (χ3v) is 8.14. The molecule has 0 aliphatic carbocycles. The number of amides is 2. The number of ether oxygens (including phenoxy) is 2. The molecule has 248 valence electrons. The van der Waals surface area contributed by atoms with Crippen molar-refractivity contribution in [2.24, 2.45) is 11.8 Å². The van der Waals surface area contributed by atoms with Gasteiger partial charge < -0.3 is 24.4 Å². The summed E-state index contributed by atoms with van der Waals surface area (Å²) in [5, 5.41) is 9.37. The van der Waals surface area contributed by atoms with Crippen LogP contribution in [0.3, 0.4) is 0 Å². The minimum absolute atomic E-state index is 0.161. The first kappa shape index (κ1) is 38.4. The van der Waals surface area contributed by atoms with E-state index in [1.165, 1.54) is 0 Å². The van der Waals surface area contributed by atoms with Crippen LogP contribution in [-0.2, 0) is 23.8 Å². The molecule has 2 aliphatic heterocycles. The van der Waals surface area contributed by atoms with Crippen molar-refractivity contribution in [3.63, 3.8) is 0 Å². The van der Waals surface area contributed by atoms with Gasteiger partial charge in [0.1, 0.15) is 11.2 Å². The van der Waals surface area contributed by atoms with E-state index in [1.54, 1.807) is 11.8 Å². The topological polar surface area (TPSA) is 123 Å². The van der Waals surface area contributed by atoms with Gasteiger partial charge >= 0.3 is 12.2 Å². The molecule has 0 aromatic carbocycles. The number of hydrogen-bond acceptors (Lipinski definition) is 8. The second-order valence-corrected chi connectivity index (χ2v) is 17.2. The van der Waals surface area contributed by atoms with E-state index in [-0.39, 0.29) is 35.5 Å². The molecule has 0 aromatic heterocycles. The van der Waals surface area contributed by atoms with E-state index in [9.17, 15) is 23.1 Å². The van der Waals surface area contributed by atoms with Gasteiger partial charge in [0.15, 0.2) is 0 Å². The maximum atomic E-state index is 12.3. The molecule has 2 amide bonds. The molecular formula is C31H60N2O8S. The van der Waals surface area contributed by atoms with Gasteiger partial charge in [0.2, 0.25) is 0 Å². The lowest BCUT2D eigenvalue weighted by molar-refractivity contribution is 0.0118. The fraction of sp³-hybridized carbons (Fsp3) is 0.935. The lowest BCUT2D eigenvalue weighted by Crippen LogP contribution is -2.45. The number of likely N-dealkylation sites (tertiary alicyclic amines) is 2. The largest absolute Gasteiger partial charge is 0.444 e. The average molecular weight is 621 g/mol. The maximum absolute atomic E-state index is 12.3. The van der Waals surface area contributed by atoms with E-state index in [0.717, 1.165) is 44.9 Å². The Balaban J connectivity index is 0.000000428. The summed E-state index contributed by atoms with van der Waals surface area (Å²) in [5.41, 5.74) is -1.38. The van der Waals surface area contributed by atoms with E-state index >= 15 is 0 Å². The van der Waals surface area contributed by atoms with E-state index in [0.29, 0.717) is 24.8 Å². The smallest absolute Gasteiger partial charge is 0.410 e. The van der Waals surface area contributed by atoms with E-state index < -0.39 is 21.3 Å². The van der Waals surface area contributed by atoms with Crippen LogP contribution < -0.4 is 0 Å². The monoisotopic (exact) mass is 620 g/mol. The molecule has 2 heterocycles. The highest BCUT2D eigenvalue weighted by atomic mass is 32.2. The second-order valence-electron chi connectivity index (χ2n) is 15.6. The predicted molar refractivity (Wildman–Crippen MR) is 166 cm³/mol. The molecule has 4 atom stereocenters. The second kappa shape index (κ2) is 14.5. The Hall–Kier alpha value is -1.59. The average Bonchev–Trinajstić information content (AvgIpc) is 3.22. The van der Waals surface area contributed by atoms with Crippen LogP contribution in [0.2, 0.25) is 0 Å². The molecule has 2 rings (SSSR count).